The number of thioether (sulfide) groups is 1. The first-order chi connectivity index (χ1) is 14.8. The number of nitrogens with zero attached hydrogens (tertiary/aromatic N) is 1. The summed E-state index contributed by atoms with van der Waals surface area (Å²) in [4.78, 5) is 24.6. The van der Waals surface area contributed by atoms with E-state index in [0.29, 0.717) is 41.8 Å². The zero-order valence-electron chi connectivity index (χ0n) is 17.0. The molecule has 1 aliphatic rings. The zero-order chi connectivity index (χ0) is 22.4. The van der Waals surface area contributed by atoms with Crippen molar-refractivity contribution in [2.45, 2.75) is 4.90 Å². The topological polar surface area (TPSA) is 111 Å². The summed E-state index contributed by atoms with van der Waals surface area (Å²) in [6.45, 7) is 0.212. The number of hydrogen-bond donors (Lipinski definition) is 1. The number of benzene rings is 1. The lowest BCUT2D eigenvalue weighted by Crippen LogP contribution is -2.38. The normalized spacial score (nSPS) is 14.6. The number of ether oxygens (including phenoxy) is 3. The van der Waals surface area contributed by atoms with Crippen molar-refractivity contribution < 1.29 is 32.2 Å². The van der Waals surface area contributed by atoms with Gasteiger partial charge >= 0.3 is 5.97 Å². The third kappa shape index (κ3) is 5.70. The standard InChI is InChI=1S/C19H22N2O7S3/c1-26-14-9-13(10-15(11-14)27-2)20-17(22)12-28-19(23)18-16(3-6-30-18)31(24,25)21-4-7-29-8-5-21/h3,6,9-11H,4-5,7-8,12H2,1-2H3,(H,20,22). The third-order valence-corrected chi connectivity index (χ3v) is 8.28. The highest BCUT2D eigenvalue weighted by Gasteiger charge is 2.31. The molecule has 1 N–H and O–H groups in total. The Labute approximate surface area is 188 Å². The van der Waals surface area contributed by atoms with E-state index in [1.807, 2.05) is 0 Å². The summed E-state index contributed by atoms with van der Waals surface area (Å²) >= 11 is 2.65. The molecule has 31 heavy (non-hydrogen) atoms. The van der Waals surface area contributed by atoms with Crippen LogP contribution in [0.15, 0.2) is 34.5 Å². The molecule has 0 unspecified atom stereocenters. The van der Waals surface area contributed by atoms with Gasteiger partial charge in [0, 0.05) is 48.5 Å². The number of anilines is 1. The molecule has 1 fully saturated rings. The van der Waals surface area contributed by atoms with E-state index in [4.69, 9.17) is 14.2 Å². The number of sulfonamides is 1. The molecule has 1 aromatic heterocycles. The SMILES string of the molecule is COc1cc(NC(=O)COC(=O)c2sccc2S(=O)(=O)N2CCSCC2)cc(OC)c1. The number of esters is 1. The van der Waals surface area contributed by atoms with E-state index in [9.17, 15) is 18.0 Å². The molecule has 3 rings (SSSR count). The molecule has 0 bridgehead atoms. The fraction of sp³-hybridized carbons (Fsp3) is 0.368. The van der Waals surface area contributed by atoms with Gasteiger partial charge < -0.3 is 19.5 Å². The summed E-state index contributed by atoms with van der Waals surface area (Å²) in [6, 6.07) is 6.21. The molecule has 12 heteroatoms. The minimum atomic E-state index is -3.80. The monoisotopic (exact) mass is 486 g/mol. The van der Waals surface area contributed by atoms with Gasteiger partial charge in [0.2, 0.25) is 10.0 Å². The quantitative estimate of drug-likeness (QED) is 0.566. The highest BCUT2D eigenvalue weighted by molar-refractivity contribution is 7.99. The highest BCUT2D eigenvalue weighted by Crippen LogP contribution is 2.28. The molecule has 1 amide bonds. The molecule has 168 valence electrons. The molecule has 0 saturated carbocycles. The van der Waals surface area contributed by atoms with Crippen molar-refractivity contribution in [3.63, 3.8) is 0 Å². The summed E-state index contributed by atoms with van der Waals surface area (Å²) in [5.74, 6) is 0.930. The lowest BCUT2D eigenvalue weighted by molar-refractivity contribution is -0.119. The van der Waals surface area contributed by atoms with Crippen molar-refractivity contribution in [3.8, 4) is 11.5 Å². The predicted octanol–water partition coefficient (Wildman–Crippen LogP) is 2.30. The van der Waals surface area contributed by atoms with Crippen LogP contribution >= 0.6 is 23.1 Å². The second-order valence-corrected chi connectivity index (χ2v) is 10.4. The molecule has 2 aromatic rings. The summed E-state index contributed by atoms with van der Waals surface area (Å²) in [5, 5.41) is 4.11. The third-order valence-electron chi connectivity index (χ3n) is 4.37. The molecular formula is C19H22N2O7S3. The minimum absolute atomic E-state index is 0.0472. The smallest absolute Gasteiger partial charge is 0.350 e. The fourth-order valence-electron chi connectivity index (χ4n) is 2.85. The van der Waals surface area contributed by atoms with Gasteiger partial charge in [-0.25, -0.2) is 13.2 Å². The number of hydrogen-bond acceptors (Lipinski definition) is 9. The zero-order valence-corrected chi connectivity index (χ0v) is 19.4. The number of rotatable bonds is 8. The Morgan fingerprint density at radius 1 is 1.10 bits per heavy atom. The number of carbonyl (C=O) groups excluding carboxylic acids is 2. The van der Waals surface area contributed by atoms with Crippen molar-refractivity contribution >= 4 is 50.7 Å². The van der Waals surface area contributed by atoms with E-state index in [1.165, 1.54) is 30.0 Å². The van der Waals surface area contributed by atoms with Crippen LogP contribution in [0.1, 0.15) is 9.67 Å². The Bertz CT molecular complexity index is 1020. The van der Waals surface area contributed by atoms with Crippen LogP contribution in [0.2, 0.25) is 0 Å². The van der Waals surface area contributed by atoms with Crippen LogP contribution < -0.4 is 14.8 Å². The first-order valence-corrected chi connectivity index (χ1v) is 12.7. The molecule has 9 nitrogen and oxygen atoms in total. The molecule has 0 radical (unpaired) electrons. The summed E-state index contributed by atoms with van der Waals surface area (Å²) in [6.07, 6.45) is 0. The van der Waals surface area contributed by atoms with Crippen LogP contribution in [0.3, 0.4) is 0 Å². The first-order valence-electron chi connectivity index (χ1n) is 9.20. The van der Waals surface area contributed by atoms with Crippen molar-refractivity contribution in [1.82, 2.24) is 4.31 Å². The van der Waals surface area contributed by atoms with Crippen molar-refractivity contribution in [3.05, 3.63) is 34.5 Å². The molecule has 0 atom stereocenters. The van der Waals surface area contributed by atoms with E-state index >= 15 is 0 Å². The number of carbonyl (C=O) groups is 2. The maximum absolute atomic E-state index is 12.9. The molecule has 0 aliphatic carbocycles. The molecule has 1 saturated heterocycles. The van der Waals surface area contributed by atoms with Crippen LogP contribution in [-0.4, -0.2) is 70.0 Å². The van der Waals surface area contributed by atoms with Gasteiger partial charge in [-0.3, -0.25) is 4.79 Å². The van der Waals surface area contributed by atoms with Gasteiger partial charge in [0.05, 0.1) is 14.2 Å². The molecule has 1 aliphatic heterocycles. The Morgan fingerprint density at radius 3 is 2.35 bits per heavy atom. The number of methoxy groups -OCH3 is 2. The summed E-state index contributed by atoms with van der Waals surface area (Å²) in [5.41, 5.74) is 0.402. The van der Waals surface area contributed by atoms with Gasteiger partial charge in [0.15, 0.2) is 6.61 Å². The molecular weight excluding hydrogens is 464 g/mol. The van der Waals surface area contributed by atoms with Gasteiger partial charge in [-0.1, -0.05) is 0 Å². The number of amides is 1. The van der Waals surface area contributed by atoms with Crippen molar-refractivity contribution in [2.24, 2.45) is 0 Å². The van der Waals surface area contributed by atoms with E-state index < -0.39 is 28.5 Å². The second-order valence-electron chi connectivity index (χ2n) is 6.36. The Balaban J connectivity index is 1.64. The van der Waals surface area contributed by atoms with Gasteiger partial charge in [-0.05, 0) is 11.4 Å². The Kier molecular flexibility index (Phi) is 7.81. The summed E-state index contributed by atoms with van der Waals surface area (Å²) in [7, 11) is -0.828. The Morgan fingerprint density at radius 2 is 1.74 bits per heavy atom. The van der Waals surface area contributed by atoms with Crippen LogP contribution in [0.4, 0.5) is 5.69 Å². The number of thiophene rings is 1. The van der Waals surface area contributed by atoms with Gasteiger partial charge in [0.25, 0.3) is 5.91 Å². The maximum Gasteiger partial charge on any atom is 0.350 e. The highest BCUT2D eigenvalue weighted by atomic mass is 32.2. The van der Waals surface area contributed by atoms with Gasteiger partial charge in [0.1, 0.15) is 21.3 Å². The Hall–Kier alpha value is -2.28. The number of nitrogens with one attached hydrogen (secondary N) is 1. The molecule has 1 aromatic carbocycles. The summed E-state index contributed by atoms with van der Waals surface area (Å²) < 4.78 is 42.5. The average molecular weight is 487 g/mol. The van der Waals surface area contributed by atoms with Crippen molar-refractivity contribution in [1.29, 1.82) is 0 Å². The van der Waals surface area contributed by atoms with E-state index in [-0.39, 0.29) is 9.77 Å². The predicted molar refractivity (Wildman–Crippen MR) is 119 cm³/mol. The van der Waals surface area contributed by atoms with Crippen LogP contribution in [0, 0.1) is 0 Å². The molecule has 2 heterocycles. The van der Waals surface area contributed by atoms with Gasteiger partial charge in [-0.2, -0.15) is 16.1 Å². The van der Waals surface area contributed by atoms with Crippen LogP contribution in [0.5, 0.6) is 11.5 Å². The van der Waals surface area contributed by atoms with E-state index in [1.54, 1.807) is 30.0 Å². The second kappa shape index (κ2) is 10.4. The largest absolute Gasteiger partial charge is 0.497 e. The first kappa shape index (κ1) is 23.4. The molecule has 0 spiro atoms. The lowest BCUT2D eigenvalue weighted by Gasteiger charge is -2.25. The van der Waals surface area contributed by atoms with Crippen molar-refractivity contribution in [2.75, 3.05) is 50.7 Å². The average Bonchev–Trinajstić information content (AvgIpc) is 3.29. The van der Waals surface area contributed by atoms with Gasteiger partial charge in [-0.15, -0.1) is 11.3 Å². The van der Waals surface area contributed by atoms with Crippen LogP contribution in [-0.2, 0) is 19.6 Å². The lowest BCUT2D eigenvalue weighted by atomic mass is 10.2. The van der Waals surface area contributed by atoms with E-state index in [2.05, 4.69) is 5.32 Å². The van der Waals surface area contributed by atoms with E-state index in [0.717, 1.165) is 11.3 Å². The van der Waals surface area contributed by atoms with Crippen LogP contribution in [0.25, 0.3) is 0 Å². The fourth-order valence-corrected chi connectivity index (χ4v) is 6.71. The minimum Gasteiger partial charge on any atom is -0.497 e. The maximum atomic E-state index is 12.9.